The zero-order chi connectivity index (χ0) is 42.6. The van der Waals surface area contributed by atoms with Crippen LogP contribution in [0, 0.1) is 0 Å². The number of hydrogen-bond donors (Lipinski definition) is 3. The Morgan fingerprint density at radius 3 is 1.64 bits per heavy atom. The van der Waals surface area contributed by atoms with Crippen LogP contribution in [0.4, 0.5) is 0 Å². The molecule has 0 saturated heterocycles. The highest BCUT2D eigenvalue weighted by atomic mass is 31.2. The lowest BCUT2D eigenvalue weighted by Crippen LogP contribution is -2.29. The standard InChI is InChI=1S/C47H72NO9P/c1-3-5-7-9-11-13-15-17-18-19-20-22-24-26-28-30-34-38-46(50)54-42-45(43-56-58(52,53)55-41-40-48)57-47(51)39-35-31-33-37-44(49)36-32-29-27-25-23-21-16-14-12-10-8-6-4-2/h5-8,11-14,17-18,20-23,26-29,31-33,36,44-45,49H,3-4,9-10,15-16,19,24-25,30,34-35,37-43,48H2,1-2H3,(H,52,53)/b7-5-,8-6-,13-11-,14-12-,18-17-,22-20-,23-21-,28-26-,29-27-,33-31-,36-32-/t44?,45-/m1/s1. The van der Waals surface area contributed by atoms with Gasteiger partial charge in [-0.2, -0.15) is 0 Å². The zero-order valence-corrected chi connectivity index (χ0v) is 36.0. The molecule has 0 fully saturated rings. The Balaban J connectivity index is 4.53. The average Bonchev–Trinajstić information content (AvgIpc) is 3.20. The fourth-order valence-electron chi connectivity index (χ4n) is 4.60. The van der Waals surface area contributed by atoms with Crippen LogP contribution in [0.25, 0.3) is 0 Å². The van der Waals surface area contributed by atoms with Gasteiger partial charge in [0.2, 0.25) is 0 Å². The molecule has 0 aliphatic rings. The number of nitrogens with two attached hydrogens (primary N) is 1. The van der Waals surface area contributed by atoms with Crippen molar-refractivity contribution in [3.63, 3.8) is 0 Å². The molecule has 3 atom stereocenters. The number of aliphatic hydroxyl groups is 1. The number of aliphatic hydroxyl groups excluding tert-OH is 1. The van der Waals surface area contributed by atoms with E-state index in [0.29, 0.717) is 25.7 Å². The van der Waals surface area contributed by atoms with Crippen LogP contribution in [0.2, 0.25) is 0 Å². The van der Waals surface area contributed by atoms with E-state index in [1.165, 1.54) is 0 Å². The molecule has 0 aromatic heterocycles. The van der Waals surface area contributed by atoms with E-state index < -0.39 is 38.6 Å². The smallest absolute Gasteiger partial charge is 0.462 e. The number of allylic oxidation sites excluding steroid dienone is 20. The molecule has 0 heterocycles. The van der Waals surface area contributed by atoms with Crippen LogP contribution >= 0.6 is 7.82 Å². The molecule has 58 heavy (non-hydrogen) atoms. The molecule has 4 N–H and O–H groups in total. The Morgan fingerprint density at radius 2 is 1.10 bits per heavy atom. The number of carbonyl (C=O) groups is 2. The second-order valence-electron chi connectivity index (χ2n) is 12.9. The van der Waals surface area contributed by atoms with Crippen molar-refractivity contribution in [1.82, 2.24) is 0 Å². The monoisotopic (exact) mass is 825 g/mol. The van der Waals surface area contributed by atoms with E-state index >= 15 is 0 Å². The van der Waals surface area contributed by atoms with E-state index in [4.69, 9.17) is 24.3 Å². The van der Waals surface area contributed by atoms with Crippen LogP contribution in [-0.4, -0.2) is 60.5 Å². The van der Waals surface area contributed by atoms with Crippen LogP contribution in [0.5, 0.6) is 0 Å². The van der Waals surface area contributed by atoms with Gasteiger partial charge in [0.25, 0.3) is 0 Å². The predicted octanol–water partition coefficient (Wildman–Crippen LogP) is 10.9. The van der Waals surface area contributed by atoms with Gasteiger partial charge in [-0.25, -0.2) is 4.57 Å². The first-order chi connectivity index (χ1) is 28.2. The van der Waals surface area contributed by atoms with Crippen molar-refractivity contribution < 1.29 is 42.7 Å². The number of rotatable bonds is 36. The first kappa shape index (κ1) is 54.1. The molecule has 0 radical (unpaired) electrons. The number of hydrogen-bond acceptors (Lipinski definition) is 9. The summed E-state index contributed by atoms with van der Waals surface area (Å²) in [6, 6.07) is 0. The number of ether oxygens (including phenoxy) is 2. The van der Waals surface area contributed by atoms with Gasteiger partial charge in [0.1, 0.15) is 6.61 Å². The average molecular weight is 826 g/mol. The first-order valence-electron chi connectivity index (χ1n) is 20.8. The second kappa shape index (κ2) is 41.3. The lowest BCUT2D eigenvalue weighted by Gasteiger charge is -2.19. The van der Waals surface area contributed by atoms with Gasteiger partial charge in [-0.3, -0.25) is 18.6 Å². The summed E-state index contributed by atoms with van der Waals surface area (Å²) in [6.07, 6.45) is 53.8. The van der Waals surface area contributed by atoms with Crippen molar-refractivity contribution in [3.8, 4) is 0 Å². The molecule has 11 heteroatoms. The molecule has 0 amide bonds. The molecule has 0 aromatic carbocycles. The van der Waals surface area contributed by atoms with Gasteiger partial charge in [0, 0.05) is 19.4 Å². The van der Waals surface area contributed by atoms with Gasteiger partial charge in [-0.1, -0.05) is 148 Å². The summed E-state index contributed by atoms with van der Waals surface area (Å²) < 4.78 is 32.5. The zero-order valence-electron chi connectivity index (χ0n) is 35.1. The highest BCUT2D eigenvalue weighted by Gasteiger charge is 2.25. The maximum absolute atomic E-state index is 12.6. The number of phosphoric ester groups is 1. The Bertz CT molecular complexity index is 1420. The van der Waals surface area contributed by atoms with Gasteiger partial charge in [-0.15, -0.1) is 0 Å². The quantitative estimate of drug-likeness (QED) is 0.0183. The Kier molecular flexibility index (Phi) is 38.5. The highest BCUT2D eigenvalue weighted by Crippen LogP contribution is 2.43. The molecule has 0 aliphatic heterocycles. The fraction of sp³-hybridized carbons (Fsp3) is 0.489. The Morgan fingerprint density at radius 1 is 0.603 bits per heavy atom. The summed E-state index contributed by atoms with van der Waals surface area (Å²) in [5.74, 6) is -1.10. The lowest BCUT2D eigenvalue weighted by molar-refractivity contribution is -0.161. The highest BCUT2D eigenvalue weighted by molar-refractivity contribution is 7.47. The minimum absolute atomic E-state index is 0.00252. The topological polar surface area (TPSA) is 155 Å². The van der Waals surface area contributed by atoms with Crippen molar-refractivity contribution in [3.05, 3.63) is 134 Å². The third kappa shape index (κ3) is 40.3. The maximum Gasteiger partial charge on any atom is 0.472 e. The van der Waals surface area contributed by atoms with Crippen LogP contribution < -0.4 is 5.73 Å². The van der Waals surface area contributed by atoms with Crippen LogP contribution in [0.3, 0.4) is 0 Å². The van der Waals surface area contributed by atoms with Crippen LogP contribution in [0.1, 0.15) is 110 Å². The number of phosphoric acid groups is 1. The third-order valence-electron chi connectivity index (χ3n) is 7.63. The molecule has 324 valence electrons. The summed E-state index contributed by atoms with van der Waals surface area (Å²) in [5.41, 5.74) is 5.33. The normalized spacial score (nSPS) is 15.2. The summed E-state index contributed by atoms with van der Waals surface area (Å²) in [5, 5.41) is 10.2. The van der Waals surface area contributed by atoms with Gasteiger partial charge < -0.3 is 25.2 Å². The van der Waals surface area contributed by atoms with Crippen molar-refractivity contribution in [1.29, 1.82) is 0 Å². The summed E-state index contributed by atoms with van der Waals surface area (Å²) >= 11 is 0. The lowest BCUT2D eigenvalue weighted by atomic mass is 10.2. The van der Waals surface area contributed by atoms with Gasteiger partial charge >= 0.3 is 19.8 Å². The van der Waals surface area contributed by atoms with Crippen molar-refractivity contribution in [2.45, 2.75) is 122 Å². The Labute approximate surface area is 349 Å². The summed E-state index contributed by atoms with van der Waals surface area (Å²) in [6.45, 7) is 3.18. The van der Waals surface area contributed by atoms with E-state index in [-0.39, 0.29) is 32.6 Å². The molecule has 2 unspecified atom stereocenters. The molecule has 0 spiro atoms. The van der Waals surface area contributed by atoms with Gasteiger partial charge in [0.05, 0.1) is 19.3 Å². The minimum Gasteiger partial charge on any atom is -0.462 e. The minimum atomic E-state index is -4.45. The van der Waals surface area contributed by atoms with Crippen LogP contribution in [-0.2, 0) is 32.7 Å². The fourth-order valence-corrected chi connectivity index (χ4v) is 5.37. The van der Waals surface area contributed by atoms with E-state index in [2.05, 4.69) is 98.9 Å². The SMILES string of the molecule is CC/C=C\C/C=C\C/C=C\C/C=C\C=C/C(O)C/C=C\CCC(=O)O[C@H](COC(=O)CCC/C=C\C/C=C\C/C=C\C/C=C\C/C=C\CC)COP(=O)(O)OCCN. The number of unbranched alkanes of at least 4 members (excludes halogenated alkanes) is 1. The van der Waals surface area contributed by atoms with Crippen molar-refractivity contribution in [2.75, 3.05) is 26.4 Å². The summed E-state index contributed by atoms with van der Waals surface area (Å²) in [7, 11) is -4.45. The molecule has 0 aromatic rings. The Hall–Kier alpha value is -3.89. The van der Waals surface area contributed by atoms with Gasteiger partial charge in [-0.05, 0) is 83.5 Å². The largest absolute Gasteiger partial charge is 0.472 e. The van der Waals surface area contributed by atoms with E-state index in [1.54, 1.807) is 24.3 Å². The molecule has 0 saturated carbocycles. The molecular weight excluding hydrogens is 753 g/mol. The van der Waals surface area contributed by atoms with E-state index in [0.717, 1.165) is 57.8 Å². The number of esters is 2. The van der Waals surface area contributed by atoms with Crippen LogP contribution in [0.15, 0.2) is 134 Å². The first-order valence-corrected chi connectivity index (χ1v) is 22.3. The molecule has 0 aliphatic carbocycles. The molecule has 10 nitrogen and oxygen atoms in total. The third-order valence-corrected chi connectivity index (χ3v) is 8.61. The van der Waals surface area contributed by atoms with Crippen molar-refractivity contribution in [2.24, 2.45) is 5.73 Å². The summed E-state index contributed by atoms with van der Waals surface area (Å²) in [4.78, 5) is 34.8. The van der Waals surface area contributed by atoms with Crippen molar-refractivity contribution >= 4 is 19.8 Å². The molecule has 0 bridgehead atoms. The molecular formula is C47H72NO9P. The second-order valence-corrected chi connectivity index (χ2v) is 14.4. The van der Waals surface area contributed by atoms with Gasteiger partial charge in [0.15, 0.2) is 6.10 Å². The van der Waals surface area contributed by atoms with E-state index in [1.807, 2.05) is 24.3 Å². The maximum atomic E-state index is 12.6. The predicted molar refractivity (Wildman–Crippen MR) is 239 cm³/mol. The van der Waals surface area contributed by atoms with E-state index in [9.17, 15) is 24.2 Å². The molecule has 0 rings (SSSR count). The number of carbonyl (C=O) groups excluding carboxylic acids is 2.